The van der Waals surface area contributed by atoms with Crippen molar-refractivity contribution < 1.29 is 9.32 Å². The molecule has 5 rings (SSSR count). The van der Waals surface area contributed by atoms with Crippen molar-refractivity contribution in [1.29, 1.82) is 0 Å². The molecule has 0 bridgehead atoms. The summed E-state index contributed by atoms with van der Waals surface area (Å²) in [6.07, 6.45) is 3.39. The van der Waals surface area contributed by atoms with E-state index in [0.29, 0.717) is 30.4 Å². The minimum absolute atomic E-state index is 0.0331. The zero-order valence-corrected chi connectivity index (χ0v) is 16.7. The van der Waals surface area contributed by atoms with Gasteiger partial charge >= 0.3 is 0 Å². The molecule has 3 aromatic rings. The summed E-state index contributed by atoms with van der Waals surface area (Å²) in [7, 11) is 1.82. The first kappa shape index (κ1) is 18.1. The number of aryl methyl sites for hydroxylation is 2. The summed E-state index contributed by atoms with van der Waals surface area (Å²) in [6, 6.07) is 10.5. The van der Waals surface area contributed by atoms with Gasteiger partial charge in [0.2, 0.25) is 5.89 Å². The van der Waals surface area contributed by atoms with Crippen molar-refractivity contribution in [3.05, 3.63) is 65.6 Å². The van der Waals surface area contributed by atoms with Crippen molar-refractivity contribution >= 4 is 5.91 Å². The van der Waals surface area contributed by atoms with Crippen LogP contribution in [0.25, 0.3) is 0 Å². The summed E-state index contributed by atoms with van der Waals surface area (Å²) < 4.78 is 7.21. The molecule has 0 radical (unpaired) electrons. The molecular weight excluding hydrogens is 368 g/mol. The van der Waals surface area contributed by atoms with Crippen LogP contribution in [0, 0.1) is 12.3 Å². The van der Waals surface area contributed by atoms with E-state index >= 15 is 0 Å². The summed E-state index contributed by atoms with van der Waals surface area (Å²) in [4.78, 5) is 21.7. The molecule has 1 atom stereocenters. The van der Waals surface area contributed by atoms with E-state index in [-0.39, 0.29) is 17.2 Å². The Labute approximate surface area is 169 Å². The Hall–Kier alpha value is -3.00. The third-order valence-electron chi connectivity index (χ3n) is 6.06. The van der Waals surface area contributed by atoms with Crippen LogP contribution in [0.5, 0.6) is 0 Å². The minimum Gasteiger partial charge on any atom is -0.339 e. The van der Waals surface area contributed by atoms with Crippen LogP contribution in [0.3, 0.4) is 0 Å². The van der Waals surface area contributed by atoms with Crippen LogP contribution in [-0.2, 0) is 13.6 Å². The Morgan fingerprint density at radius 1 is 1.24 bits per heavy atom. The first-order valence-corrected chi connectivity index (χ1v) is 9.87. The minimum atomic E-state index is -0.0500. The lowest BCUT2D eigenvalue weighted by molar-refractivity contribution is -0.00125. The quantitative estimate of drug-likeness (QED) is 0.674. The topological polar surface area (TPSA) is 80.3 Å². The summed E-state index contributed by atoms with van der Waals surface area (Å²) in [5.41, 5.74) is 1.87. The first-order chi connectivity index (χ1) is 14.0. The lowest BCUT2D eigenvalue weighted by atomic mass is 9.71. The fourth-order valence-corrected chi connectivity index (χ4v) is 4.72. The molecule has 8 heteroatoms. The van der Waals surface area contributed by atoms with E-state index in [2.05, 4.69) is 44.4 Å². The van der Waals surface area contributed by atoms with Gasteiger partial charge in [-0.25, -0.2) is 0 Å². The van der Waals surface area contributed by atoms with Crippen LogP contribution in [0.4, 0.5) is 0 Å². The highest BCUT2D eigenvalue weighted by Gasteiger charge is 2.57. The number of hydrogen-bond acceptors (Lipinski definition) is 6. The molecule has 0 aliphatic carbocycles. The molecule has 1 aromatic carbocycles. The standard InChI is InChI=1S/C21H24N6O2/c1-15-23-19(29-24-15)18-11-26(9-16-6-4-3-5-7-16)12-21(18)13-27(14-21)20(28)17-8-22-25(2)10-17/h3-8,10,18H,9,11-14H2,1-2H3. The molecule has 1 unspecified atom stereocenters. The number of benzene rings is 1. The van der Waals surface area contributed by atoms with Gasteiger partial charge in [-0.3, -0.25) is 14.4 Å². The van der Waals surface area contributed by atoms with Crippen molar-refractivity contribution in [3.8, 4) is 0 Å². The molecule has 1 spiro atoms. The monoisotopic (exact) mass is 392 g/mol. The maximum absolute atomic E-state index is 12.8. The summed E-state index contributed by atoms with van der Waals surface area (Å²) in [6.45, 7) is 5.87. The van der Waals surface area contributed by atoms with Crippen LogP contribution in [0.15, 0.2) is 47.2 Å². The number of hydrogen-bond donors (Lipinski definition) is 0. The van der Waals surface area contributed by atoms with Crippen molar-refractivity contribution in [2.45, 2.75) is 19.4 Å². The van der Waals surface area contributed by atoms with E-state index in [9.17, 15) is 4.79 Å². The van der Waals surface area contributed by atoms with Gasteiger partial charge < -0.3 is 9.42 Å². The van der Waals surface area contributed by atoms with Gasteiger partial charge in [-0.1, -0.05) is 35.5 Å². The molecule has 29 heavy (non-hydrogen) atoms. The molecular formula is C21H24N6O2. The van der Waals surface area contributed by atoms with Crippen LogP contribution >= 0.6 is 0 Å². The van der Waals surface area contributed by atoms with Gasteiger partial charge in [-0.05, 0) is 12.5 Å². The number of carbonyl (C=O) groups is 1. The SMILES string of the molecule is Cc1noc(C2CN(Cc3ccccc3)CC23CN(C(=O)c2cnn(C)c2)C3)n1. The van der Waals surface area contributed by atoms with Crippen molar-refractivity contribution in [3.63, 3.8) is 0 Å². The van der Waals surface area contributed by atoms with Crippen LogP contribution in [-0.4, -0.2) is 61.8 Å². The predicted molar refractivity (Wildman–Crippen MR) is 105 cm³/mol. The Kier molecular flexibility index (Phi) is 4.24. The zero-order chi connectivity index (χ0) is 20.0. The maximum atomic E-state index is 12.8. The molecule has 8 nitrogen and oxygen atoms in total. The zero-order valence-electron chi connectivity index (χ0n) is 16.7. The van der Waals surface area contributed by atoms with Crippen molar-refractivity contribution in [2.24, 2.45) is 12.5 Å². The van der Waals surface area contributed by atoms with Gasteiger partial charge in [0.05, 0.1) is 17.7 Å². The van der Waals surface area contributed by atoms with E-state index in [1.165, 1.54) is 5.56 Å². The highest BCUT2D eigenvalue weighted by molar-refractivity contribution is 5.94. The Morgan fingerprint density at radius 3 is 2.69 bits per heavy atom. The molecule has 4 heterocycles. The van der Waals surface area contributed by atoms with E-state index < -0.39 is 0 Å². The van der Waals surface area contributed by atoms with Gasteiger partial charge in [0.25, 0.3) is 5.91 Å². The average Bonchev–Trinajstić information content (AvgIpc) is 3.39. The summed E-state index contributed by atoms with van der Waals surface area (Å²) in [5.74, 6) is 1.50. The normalized spacial score (nSPS) is 20.9. The molecule has 2 aliphatic heterocycles. The van der Waals surface area contributed by atoms with Gasteiger partial charge in [-0.2, -0.15) is 10.1 Å². The highest BCUT2D eigenvalue weighted by atomic mass is 16.5. The first-order valence-electron chi connectivity index (χ1n) is 9.87. The molecule has 1 amide bonds. The van der Waals surface area contributed by atoms with Gasteiger partial charge in [0, 0.05) is 51.4 Å². The fourth-order valence-electron chi connectivity index (χ4n) is 4.72. The molecule has 0 N–H and O–H groups in total. The predicted octanol–water partition coefficient (Wildman–Crippen LogP) is 1.85. The van der Waals surface area contributed by atoms with Gasteiger partial charge in [-0.15, -0.1) is 0 Å². The second kappa shape index (κ2) is 6.81. The number of likely N-dealkylation sites (tertiary alicyclic amines) is 2. The third-order valence-corrected chi connectivity index (χ3v) is 6.06. The summed E-state index contributed by atoms with van der Waals surface area (Å²) in [5, 5.41) is 8.12. The van der Waals surface area contributed by atoms with Gasteiger partial charge in [0.1, 0.15) is 0 Å². The van der Waals surface area contributed by atoms with E-state index in [1.54, 1.807) is 17.1 Å². The van der Waals surface area contributed by atoms with E-state index in [0.717, 1.165) is 19.6 Å². The molecule has 2 aliphatic rings. The van der Waals surface area contributed by atoms with Crippen LogP contribution < -0.4 is 0 Å². The Bertz CT molecular complexity index is 1020. The Morgan fingerprint density at radius 2 is 2.03 bits per heavy atom. The maximum Gasteiger partial charge on any atom is 0.257 e. The number of amides is 1. The van der Waals surface area contributed by atoms with E-state index in [1.807, 2.05) is 24.9 Å². The third kappa shape index (κ3) is 3.23. The fraction of sp³-hybridized carbons (Fsp3) is 0.429. The lowest BCUT2D eigenvalue weighted by Crippen LogP contribution is -2.61. The number of nitrogens with zero attached hydrogens (tertiary/aromatic N) is 6. The number of carbonyl (C=O) groups excluding carboxylic acids is 1. The summed E-state index contributed by atoms with van der Waals surface area (Å²) >= 11 is 0. The largest absolute Gasteiger partial charge is 0.339 e. The second-order valence-corrected chi connectivity index (χ2v) is 8.31. The average molecular weight is 392 g/mol. The molecule has 2 aromatic heterocycles. The Balaban J connectivity index is 1.36. The molecule has 2 saturated heterocycles. The van der Waals surface area contributed by atoms with Crippen molar-refractivity contribution in [1.82, 2.24) is 29.7 Å². The van der Waals surface area contributed by atoms with Crippen LogP contribution in [0.1, 0.15) is 33.6 Å². The number of rotatable bonds is 4. The van der Waals surface area contributed by atoms with Crippen LogP contribution in [0.2, 0.25) is 0 Å². The smallest absolute Gasteiger partial charge is 0.257 e. The molecule has 150 valence electrons. The molecule has 2 fully saturated rings. The molecule has 0 saturated carbocycles. The number of aromatic nitrogens is 4. The van der Waals surface area contributed by atoms with E-state index in [4.69, 9.17) is 4.52 Å². The van der Waals surface area contributed by atoms with Crippen molar-refractivity contribution in [2.75, 3.05) is 26.2 Å². The highest BCUT2D eigenvalue weighted by Crippen LogP contribution is 2.49. The second-order valence-electron chi connectivity index (χ2n) is 8.31. The lowest BCUT2D eigenvalue weighted by Gasteiger charge is -2.50. The van der Waals surface area contributed by atoms with Gasteiger partial charge in [0.15, 0.2) is 5.82 Å².